The Bertz CT molecular complexity index is 4730. The van der Waals surface area contributed by atoms with Gasteiger partial charge in [-0.25, -0.2) is 0 Å². The summed E-state index contributed by atoms with van der Waals surface area (Å²) in [5.74, 6) is 0. The molecular weight excluding hydrogens is 949 g/mol. The summed E-state index contributed by atoms with van der Waals surface area (Å²) >= 11 is 0. The second-order valence-corrected chi connectivity index (χ2v) is 24.3. The zero-order chi connectivity index (χ0) is 53.1. The summed E-state index contributed by atoms with van der Waals surface area (Å²) < 4.78 is 0. The van der Waals surface area contributed by atoms with Gasteiger partial charge < -0.3 is 0 Å². The molecule has 0 N–H and O–H groups in total. The van der Waals surface area contributed by atoms with Crippen molar-refractivity contribution in [1.29, 1.82) is 0 Å². The molecule has 13 aromatic rings. The Kier molecular flexibility index (Phi) is 9.59. The second-order valence-electron chi connectivity index (χ2n) is 24.3. The zero-order valence-electron chi connectivity index (χ0n) is 45.6. The lowest BCUT2D eigenvalue weighted by atomic mass is 9.79. The van der Waals surface area contributed by atoms with Crippen molar-refractivity contribution >= 4 is 43.1 Å². The first kappa shape index (κ1) is 46.0. The van der Waals surface area contributed by atoms with E-state index in [4.69, 9.17) is 0 Å². The van der Waals surface area contributed by atoms with E-state index in [1.165, 1.54) is 165 Å². The van der Waals surface area contributed by atoms with Crippen LogP contribution in [0.5, 0.6) is 0 Å². The number of rotatable bonds is 5. The van der Waals surface area contributed by atoms with Gasteiger partial charge in [0.25, 0.3) is 0 Å². The molecule has 0 aromatic heterocycles. The highest BCUT2D eigenvalue weighted by Gasteiger charge is 2.38. The van der Waals surface area contributed by atoms with Crippen LogP contribution in [0.15, 0.2) is 243 Å². The fourth-order valence-electron chi connectivity index (χ4n) is 15.1. The summed E-state index contributed by atoms with van der Waals surface area (Å²) in [7, 11) is 0. The first-order valence-corrected chi connectivity index (χ1v) is 28.2. The van der Waals surface area contributed by atoms with Crippen LogP contribution in [0.25, 0.3) is 132 Å². The van der Waals surface area contributed by atoms with Gasteiger partial charge in [0.1, 0.15) is 0 Å². The van der Waals surface area contributed by atoms with E-state index in [0.717, 1.165) is 0 Å². The zero-order valence-corrected chi connectivity index (χ0v) is 45.6. The lowest BCUT2D eigenvalue weighted by Crippen LogP contribution is -2.15. The van der Waals surface area contributed by atoms with Crippen LogP contribution in [0.1, 0.15) is 74.9 Å². The van der Waals surface area contributed by atoms with Crippen LogP contribution < -0.4 is 0 Å². The Morgan fingerprint density at radius 2 is 0.430 bits per heavy atom. The Morgan fingerprint density at radius 1 is 0.177 bits per heavy atom. The molecule has 79 heavy (non-hydrogen) atoms. The summed E-state index contributed by atoms with van der Waals surface area (Å²) in [4.78, 5) is 0. The lowest BCUT2D eigenvalue weighted by molar-refractivity contribution is 0.660. The Hall–Kier alpha value is -9.10. The lowest BCUT2D eigenvalue weighted by Gasteiger charge is -2.24. The topological polar surface area (TPSA) is 0 Å². The quantitative estimate of drug-likeness (QED) is 0.151. The first-order valence-electron chi connectivity index (χ1n) is 28.2. The fourth-order valence-corrected chi connectivity index (χ4v) is 15.1. The van der Waals surface area contributed by atoms with Gasteiger partial charge in [-0.2, -0.15) is 0 Å². The number of fused-ring (bicyclic) bond motifs is 13. The minimum absolute atomic E-state index is 0.0862. The van der Waals surface area contributed by atoms with E-state index in [-0.39, 0.29) is 16.2 Å². The number of benzene rings is 13. The number of hydrogen-bond donors (Lipinski definition) is 0. The first-order chi connectivity index (χ1) is 38.5. The van der Waals surface area contributed by atoms with Gasteiger partial charge in [-0.3, -0.25) is 0 Å². The Morgan fingerprint density at radius 3 is 0.797 bits per heavy atom. The van der Waals surface area contributed by atoms with E-state index < -0.39 is 0 Å². The van der Waals surface area contributed by atoms with Crippen LogP contribution in [-0.4, -0.2) is 0 Å². The van der Waals surface area contributed by atoms with E-state index in [0.29, 0.717) is 0 Å². The molecule has 0 saturated heterocycles. The Balaban J connectivity index is 0.871. The van der Waals surface area contributed by atoms with Gasteiger partial charge in [0.15, 0.2) is 0 Å². The molecule has 0 heteroatoms. The molecule has 0 unspecified atom stereocenters. The molecule has 0 amide bonds. The molecule has 0 nitrogen and oxygen atoms in total. The summed E-state index contributed by atoms with van der Waals surface area (Å²) in [5.41, 5.74) is 28.6. The maximum atomic E-state index is 2.51. The molecule has 3 aliphatic rings. The predicted octanol–water partition coefficient (Wildman–Crippen LogP) is 21.6. The summed E-state index contributed by atoms with van der Waals surface area (Å²) in [6.07, 6.45) is 0. The molecular formula is C79H58. The van der Waals surface area contributed by atoms with Gasteiger partial charge in [0.05, 0.1) is 0 Å². The smallest absolute Gasteiger partial charge is 0.0159 e. The Labute approximate surface area is 463 Å². The van der Waals surface area contributed by atoms with Crippen molar-refractivity contribution in [3.63, 3.8) is 0 Å². The molecule has 0 heterocycles. The van der Waals surface area contributed by atoms with Crippen LogP contribution in [0.2, 0.25) is 0 Å². The average Bonchev–Trinajstić information content (AvgIpc) is 4.14. The average molecular weight is 1010 g/mol. The van der Waals surface area contributed by atoms with Crippen LogP contribution >= 0.6 is 0 Å². The van der Waals surface area contributed by atoms with Crippen molar-refractivity contribution in [2.24, 2.45) is 0 Å². The normalized spacial score (nSPS) is 14.8. The number of hydrogen-bond acceptors (Lipinski definition) is 0. The molecule has 3 aliphatic carbocycles. The van der Waals surface area contributed by atoms with E-state index in [9.17, 15) is 0 Å². The summed E-state index contributed by atoms with van der Waals surface area (Å²) in [6.45, 7) is 14.3. The summed E-state index contributed by atoms with van der Waals surface area (Å²) in [6, 6.07) is 92.7. The van der Waals surface area contributed by atoms with E-state index in [2.05, 4.69) is 284 Å². The van der Waals surface area contributed by atoms with Gasteiger partial charge in [-0.15, -0.1) is 0 Å². The molecule has 0 aliphatic heterocycles. The highest BCUT2D eigenvalue weighted by molar-refractivity contribution is 6.23. The maximum Gasteiger partial charge on any atom is 0.0159 e. The van der Waals surface area contributed by atoms with Gasteiger partial charge in [0.2, 0.25) is 0 Å². The predicted molar refractivity (Wildman–Crippen MR) is 336 cm³/mol. The molecule has 0 atom stereocenters. The standard InChI is InChI=1S/C79H58/c1-77(2)67-28-16-13-19-53(67)56-39-36-50(44-70(56)77)74-61-24-9-7-22-59(61)73(60-23-8-10-25-62(60)74)48-33-31-47(32-34-48)49-35-42-65-66(43-49)76(52-38-41-58-55-21-15-18-30-69(55)79(5,6)72(58)46-52)64-27-12-11-26-63(64)75(65)51-37-40-57-54-20-14-17-29-68(54)78(3,4)71(57)45-51/h7-46H,1-6H3. The van der Waals surface area contributed by atoms with Crippen LogP contribution in [-0.2, 0) is 16.2 Å². The highest BCUT2D eigenvalue weighted by Crippen LogP contribution is 2.55. The summed E-state index contributed by atoms with van der Waals surface area (Å²) in [5, 5.41) is 10.1. The third-order valence-corrected chi connectivity index (χ3v) is 19.1. The fraction of sp³-hybridized carbons (Fsp3) is 0.114. The van der Waals surface area contributed by atoms with Crippen LogP contribution in [0.4, 0.5) is 0 Å². The van der Waals surface area contributed by atoms with Crippen molar-refractivity contribution in [3.8, 4) is 89.0 Å². The molecule has 13 aromatic carbocycles. The molecule has 0 bridgehead atoms. The SMILES string of the molecule is CC1(C)c2ccccc2-c2ccc(-c3c4ccccc4c(-c4ccc(-c5ccc6c(-c7ccc8c(c7)C(C)(C)c7ccccc7-8)c7ccccc7c(-c7ccc8c(c7)C(C)(C)c7ccccc7-8)c6c5)cc4)c4ccccc34)cc21. The van der Waals surface area contributed by atoms with Gasteiger partial charge in [-0.05, 0) is 190 Å². The van der Waals surface area contributed by atoms with Crippen molar-refractivity contribution in [2.75, 3.05) is 0 Å². The van der Waals surface area contributed by atoms with Crippen molar-refractivity contribution in [2.45, 2.75) is 57.8 Å². The van der Waals surface area contributed by atoms with Gasteiger partial charge in [0, 0.05) is 16.2 Å². The molecule has 0 spiro atoms. The third kappa shape index (κ3) is 6.44. The second kappa shape index (κ2) is 16.5. The monoisotopic (exact) mass is 1010 g/mol. The van der Waals surface area contributed by atoms with Crippen LogP contribution in [0.3, 0.4) is 0 Å². The molecule has 0 saturated carbocycles. The van der Waals surface area contributed by atoms with Crippen molar-refractivity contribution < 1.29 is 0 Å². The minimum atomic E-state index is -0.127. The van der Waals surface area contributed by atoms with E-state index >= 15 is 0 Å². The van der Waals surface area contributed by atoms with Gasteiger partial charge >= 0.3 is 0 Å². The highest BCUT2D eigenvalue weighted by atomic mass is 14.4. The third-order valence-electron chi connectivity index (χ3n) is 19.1. The van der Waals surface area contributed by atoms with Crippen LogP contribution in [0, 0.1) is 0 Å². The molecule has 374 valence electrons. The molecule has 0 radical (unpaired) electrons. The molecule has 16 rings (SSSR count). The van der Waals surface area contributed by atoms with E-state index in [1.54, 1.807) is 0 Å². The van der Waals surface area contributed by atoms with Gasteiger partial charge in [-0.1, -0.05) is 260 Å². The van der Waals surface area contributed by atoms with E-state index in [1.807, 2.05) is 0 Å². The largest absolute Gasteiger partial charge is 0.0619 e. The minimum Gasteiger partial charge on any atom is -0.0619 e. The van der Waals surface area contributed by atoms with Crippen molar-refractivity contribution in [1.82, 2.24) is 0 Å². The van der Waals surface area contributed by atoms with Crippen molar-refractivity contribution in [3.05, 3.63) is 276 Å². The molecule has 0 fully saturated rings. The maximum absolute atomic E-state index is 2.51.